The summed E-state index contributed by atoms with van der Waals surface area (Å²) in [6, 6.07) is 13.4. The number of non-ortho nitro benzene ring substituents is 1. The normalized spacial score (nSPS) is 16.6. The highest BCUT2D eigenvalue weighted by Crippen LogP contribution is 2.29. The summed E-state index contributed by atoms with van der Waals surface area (Å²) in [5.74, 6) is 0.0945. The highest BCUT2D eigenvalue weighted by atomic mass is 16.6. The number of nitro benzene ring substituents is 1. The summed E-state index contributed by atoms with van der Waals surface area (Å²) in [7, 11) is 0. The molecule has 8 heteroatoms. The minimum atomic E-state index is -0.903. The summed E-state index contributed by atoms with van der Waals surface area (Å²) in [6.45, 7) is 0.0399. The number of nitro groups is 1. The molecule has 0 bridgehead atoms. The minimum Gasteiger partial charge on any atom is -0.446 e. The van der Waals surface area contributed by atoms with Crippen molar-refractivity contribution in [3.8, 4) is 5.75 Å². The van der Waals surface area contributed by atoms with E-state index in [1.165, 1.54) is 24.3 Å². The largest absolute Gasteiger partial charge is 0.446 e. The Kier molecular flexibility index (Phi) is 4.11. The fraction of sp³-hybridized carbons (Fsp3) is 0.125. The molecule has 24 heavy (non-hydrogen) atoms. The van der Waals surface area contributed by atoms with E-state index in [1.807, 2.05) is 6.07 Å². The first-order valence-electron chi connectivity index (χ1n) is 7.03. The first-order valence-corrected chi connectivity index (χ1v) is 7.03. The molecule has 0 spiro atoms. The Morgan fingerprint density at radius 2 is 1.83 bits per heavy atom. The van der Waals surface area contributed by atoms with E-state index in [9.17, 15) is 19.7 Å². The third-order valence-corrected chi connectivity index (χ3v) is 3.51. The molecule has 1 saturated heterocycles. The van der Waals surface area contributed by atoms with Gasteiger partial charge in [0, 0.05) is 12.1 Å². The topological polar surface area (TPSA) is 99.0 Å². The fourth-order valence-electron chi connectivity index (χ4n) is 2.33. The van der Waals surface area contributed by atoms with E-state index >= 15 is 0 Å². The Morgan fingerprint density at radius 3 is 2.46 bits per heavy atom. The van der Waals surface area contributed by atoms with Crippen LogP contribution in [0.5, 0.6) is 5.75 Å². The molecule has 1 fully saturated rings. The van der Waals surface area contributed by atoms with E-state index < -0.39 is 23.2 Å². The van der Waals surface area contributed by atoms with Gasteiger partial charge in [-0.2, -0.15) is 0 Å². The Hall–Kier alpha value is -3.42. The average Bonchev–Trinajstić information content (AvgIpc) is 2.98. The van der Waals surface area contributed by atoms with Gasteiger partial charge >= 0.3 is 12.2 Å². The molecule has 0 aromatic heterocycles. The lowest BCUT2D eigenvalue weighted by molar-refractivity contribution is -0.384. The zero-order chi connectivity index (χ0) is 17.1. The van der Waals surface area contributed by atoms with Crippen LogP contribution in [0.1, 0.15) is 11.6 Å². The number of amides is 2. The second kappa shape index (κ2) is 6.37. The Bertz CT molecular complexity index is 775. The van der Waals surface area contributed by atoms with Crippen LogP contribution in [0.15, 0.2) is 54.6 Å². The van der Waals surface area contributed by atoms with Gasteiger partial charge in [0.1, 0.15) is 18.4 Å². The maximum absolute atomic E-state index is 12.3. The second-order valence-electron chi connectivity index (χ2n) is 4.99. The molecule has 1 atom stereocenters. The van der Waals surface area contributed by atoms with Crippen molar-refractivity contribution in [1.82, 2.24) is 4.90 Å². The van der Waals surface area contributed by atoms with Gasteiger partial charge in [0.25, 0.3) is 5.69 Å². The highest BCUT2D eigenvalue weighted by Gasteiger charge is 2.40. The molecule has 8 nitrogen and oxygen atoms in total. The third kappa shape index (κ3) is 3.02. The van der Waals surface area contributed by atoms with Crippen molar-refractivity contribution < 1.29 is 24.0 Å². The third-order valence-electron chi connectivity index (χ3n) is 3.51. The number of cyclic esters (lactones) is 1. The van der Waals surface area contributed by atoms with Crippen LogP contribution in [0.3, 0.4) is 0 Å². The minimum absolute atomic E-state index is 0.0399. The zero-order valence-corrected chi connectivity index (χ0v) is 12.3. The number of hydrogen-bond donors (Lipinski definition) is 0. The van der Waals surface area contributed by atoms with Crippen LogP contribution < -0.4 is 4.74 Å². The van der Waals surface area contributed by atoms with Gasteiger partial charge in [-0.25, -0.2) is 14.5 Å². The SMILES string of the molecule is O=C1OCC(c2ccccc2)N1C(=O)Oc1ccc([N+](=O)[O-])cc1. The van der Waals surface area contributed by atoms with Crippen LogP contribution in [0, 0.1) is 10.1 Å². The highest BCUT2D eigenvalue weighted by molar-refractivity contribution is 5.90. The molecule has 2 amide bonds. The van der Waals surface area contributed by atoms with Gasteiger partial charge in [0.05, 0.1) is 4.92 Å². The van der Waals surface area contributed by atoms with Crippen LogP contribution in [0.25, 0.3) is 0 Å². The van der Waals surface area contributed by atoms with Gasteiger partial charge in [0.2, 0.25) is 0 Å². The van der Waals surface area contributed by atoms with E-state index in [-0.39, 0.29) is 18.0 Å². The molecule has 0 saturated carbocycles. The number of carbonyl (C=O) groups is 2. The van der Waals surface area contributed by atoms with Crippen molar-refractivity contribution in [2.45, 2.75) is 6.04 Å². The number of nitrogens with zero attached hydrogens (tertiary/aromatic N) is 2. The number of rotatable bonds is 3. The lowest BCUT2D eigenvalue weighted by atomic mass is 10.1. The van der Waals surface area contributed by atoms with Crippen molar-refractivity contribution in [2.75, 3.05) is 6.61 Å². The molecule has 0 aliphatic carbocycles. The fourth-order valence-corrected chi connectivity index (χ4v) is 2.33. The molecule has 1 aliphatic heterocycles. The zero-order valence-electron chi connectivity index (χ0n) is 12.3. The number of carbonyl (C=O) groups excluding carboxylic acids is 2. The molecule has 1 heterocycles. The Labute approximate surface area is 136 Å². The van der Waals surface area contributed by atoms with E-state index in [1.54, 1.807) is 24.3 Å². The Balaban J connectivity index is 1.77. The molecule has 2 aromatic rings. The quantitative estimate of drug-likeness (QED) is 0.633. The van der Waals surface area contributed by atoms with Gasteiger partial charge < -0.3 is 9.47 Å². The van der Waals surface area contributed by atoms with Crippen LogP contribution in [0.2, 0.25) is 0 Å². The average molecular weight is 328 g/mol. The molecule has 2 aromatic carbocycles. The summed E-state index contributed by atoms with van der Waals surface area (Å²) in [5, 5.41) is 10.6. The summed E-state index contributed by atoms with van der Waals surface area (Å²) < 4.78 is 10.1. The number of benzene rings is 2. The van der Waals surface area contributed by atoms with Gasteiger partial charge in [-0.3, -0.25) is 10.1 Å². The van der Waals surface area contributed by atoms with Crippen molar-refractivity contribution >= 4 is 17.9 Å². The molecule has 0 N–H and O–H groups in total. The molecule has 3 rings (SSSR count). The summed E-state index contributed by atoms with van der Waals surface area (Å²) in [5.41, 5.74) is 0.613. The van der Waals surface area contributed by atoms with Crippen molar-refractivity contribution in [3.63, 3.8) is 0 Å². The maximum atomic E-state index is 12.3. The van der Waals surface area contributed by atoms with Crippen molar-refractivity contribution in [1.29, 1.82) is 0 Å². The number of hydrogen-bond acceptors (Lipinski definition) is 6. The van der Waals surface area contributed by atoms with E-state index in [4.69, 9.17) is 9.47 Å². The first kappa shape index (κ1) is 15.5. The lowest BCUT2D eigenvalue weighted by Gasteiger charge is -2.19. The molecular weight excluding hydrogens is 316 g/mol. The van der Waals surface area contributed by atoms with Crippen LogP contribution in [0.4, 0.5) is 15.3 Å². The van der Waals surface area contributed by atoms with Gasteiger partial charge in [-0.05, 0) is 17.7 Å². The van der Waals surface area contributed by atoms with E-state index in [2.05, 4.69) is 0 Å². The van der Waals surface area contributed by atoms with Crippen LogP contribution >= 0.6 is 0 Å². The Morgan fingerprint density at radius 1 is 1.17 bits per heavy atom. The predicted octanol–water partition coefficient (Wildman–Crippen LogP) is 3.29. The first-order chi connectivity index (χ1) is 11.6. The van der Waals surface area contributed by atoms with E-state index in [0.717, 1.165) is 10.5 Å². The second-order valence-corrected chi connectivity index (χ2v) is 4.99. The molecule has 0 radical (unpaired) electrons. The molecular formula is C16H12N2O6. The smallest absolute Gasteiger partial charge is 0.425 e. The maximum Gasteiger partial charge on any atom is 0.425 e. The number of imide groups is 1. The predicted molar refractivity (Wildman–Crippen MR) is 81.5 cm³/mol. The summed E-state index contributed by atoms with van der Waals surface area (Å²) in [6.07, 6.45) is -1.70. The van der Waals surface area contributed by atoms with Gasteiger partial charge in [0.15, 0.2) is 0 Å². The van der Waals surface area contributed by atoms with Gasteiger partial charge in [-0.15, -0.1) is 0 Å². The molecule has 1 aliphatic rings. The summed E-state index contributed by atoms with van der Waals surface area (Å²) >= 11 is 0. The number of ether oxygens (including phenoxy) is 2. The monoisotopic (exact) mass is 328 g/mol. The van der Waals surface area contributed by atoms with E-state index in [0.29, 0.717) is 0 Å². The van der Waals surface area contributed by atoms with Crippen molar-refractivity contribution in [3.05, 3.63) is 70.3 Å². The summed E-state index contributed by atoms with van der Waals surface area (Å²) in [4.78, 5) is 35.1. The van der Waals surface area contributed by atoms with Crippen LogP contribution in [-0.4, -0.2) is 28.6 Å². The standard InChI is InChI=1S/C16H12N2O6/c19-15-17(14(10-23-15)11-4-2-1-3-5-11)16(20)24-13-8-6-12(7-9-13)18(21)22/h1-9,14H,10H2. The van der Waals surface area contributed by atoms with Crippen molar-refractivity contribution in [2.24, 2.45) is 0 Å². The molecule has 122 valence electrons. The van der Waals surface area contributed by atoms with Gasteiger partial charge in [-0.1, -0.05) is 30.3 Å². The molecule has 1 unspecified atom stereocenters. The lowest BCUT2D eigenvalue weighted by Crippen LogP contribution is -2.36. The van der Waals surface area contributed by atoms with Crippen LogP contribution in [-0.2, 0) is 4.74 Å².